The van der Waals surface area contributed by atoms with Crippen molar-refractivity contribution in [1.29, 1.82) is 0 Å². The van der Waals surface area contributed by atoms with Crippen LogP contribution < -0.4 is 5.32 Å². The smallest absolute Gasteiger partial charge is 0.376 e. The number of hydrogen-bond acceptors (Lipinski definition) is 7. The van der Waals surface area contributed by atoms with Gasteiger partial charge in [-0.15, -0.1) is 0 Å². The third-order valence-electron chi connectivity index (χ3n) is 4.76. The van der Waals surface area contributed by atoms with Crippen LogP contribution in [-0.4, -0.2) is 34.2 Å². The molecule has 1 N–H and O–H groups in total. The number of halogens is 1. The first-order valence-electron chi connectivity index (χ1n) is 9.95. The van der Waals surface area contributed by atoms with E-state index in [0.717, 1.165) is 16.7 Å². The van der Waals surface area contributed by atoms with Gasteiger partial charge in [0.15, 0.2) is 0 Å². The quantitative estimate of drug-likeness (QED) is 0.404. The average Bonchev–Trinajstić information content (AvgIpc) is 3.20. The van der Waals surface area contributed by atoms with Crippen molar-refractivity contribution in [2.24, 2.45) is 0 Å². The predicted molar refractivity (Wildman–Crippen MR) is 119 cm³/mol. The van der Waals surface area contributed by atoms with Crippen LogP contribution in [0.1, 0.15) is 28.7 Å². The van der Waals surface area contributed by atoms with E-state index in [-0.39, 0.29) is 18.1 Å². The van der Waals surface area contributed by atoms with Crippen LogP contribution >= 0.6 is 11.6 Å². The van der Waals surface area contributed by atoms with Gasteiger partial charge in [0, 0.05) is 17.1 Å². The summed E-state index contributed by atoms with van der Waals surface area (Å²) in [6.45, 7) is 4.50. The molecule has 0 radical (unpaired) electrons. The Bertz CT molecular complexity index is 1220. The number of nitrogens with one attached hydrogen (secondary N) is 1. The van der Waals surface area contributed by atoms with Crippen molar-refractivity contribution >= 4 is 34.5 Å². The monoisotopic (exact) mass is 436 g/mol. The van der Waals surface area contributed by atoms with Gasteiger partial charge in [-0.3, -0.25) is 0 Å². The second-order valence-electron chi connectivity index (χ2n) is 6.96. The van der Waals surface area contributed by atoms with E-state index < -0.39 is 5.97 Å². The van der Waals surface area contributed by atoms with E-state index in [0.29, 0.717) is 34.9 Å². The molecule has 0 aliphatic carbocycles. The van der Waals surface area contributed by atoms with Crippen LogP contribution in [0.15, 0.2) is 53.1 Å². The zero-order valence-corrected chi connectivity index (χ0v) is 17.9. The number of esters is 1. The first kappa shape index (κ1) is 20.8. The predicted octanol–water partition coefficient (Wildman–Crippen LogP) is 5.08. The first-order valence-corrected chi connectivity index (χ1v) is 10.3. The Morgan fingerprint density at radius 2 is 1.90 bits per heavy atom. The normalized spacial score (nSPS) is 10.9. The Morgan fingerprint density at radius 3 is 2.65 bits per heavy atom. The van der Waals surface area contributed by atoms with Gasteiger partial charge in [0.2, 0.25) is 5.82 Å². The molecule has 2 heterocycles. The van der Waals surface area contributed by atoms with E-state index in [4.69, 9.17) is 20.9 Å². The number of anilines is 1. The summed E-state index contributed by atoms with van der Waals surface area (Å²) < 4.78 is 10.5. The van der Waals surface area contributed by atoms with Crippen molar-refractivity contribution in [3.05, 3.63) is 70.5 Å². The molecule has 0 atom stereocenters. The first-order chi connectivity index (χ1) is 15.1. The molecule has 2 aromatic carbocycles. The highest BCUT2D eigenvalue weighted by Gasteiger charge is 2.22. The summed E-state index contributed by atoms with van der Waals surface area (Å²) in [6, 6.07) is 15.6. The van der Waals surface area contributed by atoms with Crippen LogP contribution in [0, 0.1) is 6.92 Å². The maximum absolute atomic E-state index is 12.2. The maximum atomic E-state index is 12.2. The van der Waals surface area contributed by atoms with Gasteiger partial charge in [0.1, 0.15) is 16.9 Å². The third-order valence-corrected chi connectivity index (χ3v) is 5.13. The highest BCUT2D eigenvalue weighted by molar-refractivity contribution is 6.31. The molecule has 0 unspecified atom stereocenters. The fourth-order valence-corrected chi connectivity index (χ4v) is 3.42. The SMILES string of the molecule is CCOC(=O)c1nc(NCCc2ccccc2Cl)c2c(-c3ccc(C)cc3)noc2n1. The second-order valence-corrected chi connectivity index (χ2v) is 7.37. The molecule has 0 bridgehead atoms. The van der Waals surface area contributed by atoms with Gasteiger partial charge in [0.05, 0.1) is 6.61 Å². The van der Waals surface area contributed by atoms with E-state index in [1.807, 2.05) is 55.5 Å². The van der Waals surface area contributed by atoms with E-state index in [2.05, 4.69) is 20.4 Å². The van der Waals surface area contributed by atoms with Crippen LogP contribution in [0.5, 0.6) is 0 Å². The summed E-state index contributed by atoms with van der Waals surface area (Å²) in [4.78, 5) is 20.9. The van der Waals surface area contributed by atoms with Gasteiger partial charge >= 0.3 is 5.97 Å². The molecule has 4 aromatic rings. The molecule has 0 spiro atoms. The van der Waals surface area contributed by atoms with Crippen molar-refractivity contribution in [1.82, 2.24) is 15.1 Å². The number of ether oxygens (including phenoxy) is 1. The number of benzene rings is 2. The van der Waals surface area contributed by atoms with Crippen molar-refractivity contribution in [3.63, 3.8) is 0 Å². The Morgan fingerprint density at radius 1 is 1.13 bits per heavy atom. The molecule has 7 nitrogen and oxygen atoms in total. The van der Waals surface area contributed by atoms with Gasteiger partial charge in [0.25, 0.3) is 5.71 Å². The van der Waals surface area contributed by atoms with Gasteiger partial charge < -0.3 is 14.6 Å². The second kappa shape index (κ2) is 9.14. The van der Waals surface area contributed by atoms with Crippen LogP contribution in [0.3, 0.4) is 0 Å². The van der Waals surface area contributed by atoms with E-state index in [1.54, 1.807) is 6.92 Å². The van der Waals surface area contributed by atoms with Gasteiger partial charge in [-0.1, -0.05) is 64.8 Å². The van der Waals surface area contributed by atoms with Crippen molar-refractivity contribution < 1.29 is 14.1 Å². The molecular weight excluding hydrogens is 416 g/mol. The van der Waals surface area contributed by atoms with Crippen LogP contribution in [0.4, 0.5) is 5.82 Å². The third kappa shape index (κ3) is 4.51. The maximum Gasteiger partial charge on any atom is 0.376 e. The lowest BCUT2D eigenvalue weighted by Gasteiger charge is -2.10. The molecule has 0 aliphatic heterocycles. The summed E-state index contributed by atoms with van der Waals surface area (Å²) in [5.74, 6) is -0.245. The Hall–Kier alpha value is -3.45. The van der Waals surface area contributed by atoms with Crippen LogP contribution in [0.25, 0.3) is 22.4 Å². The molecule has 31 heavy (non-hydrogen) atoms. The zero-order valence-electron chi connectivity index (χ0n) is 17.2. The largest absolute Gasteiger partial charge is 0.460 e. The number of fused-ring (bicyclic) bond motifs is 1. The Balaban J connectivity index is 1.72. The highest BCUT2D eigenvalue weighted by atomic mass is 35.5. The number of carbonyl (C=O) groups is 1. The molecule has 0 amide bonds. The molecule has 0 aliphatic rings. The molecule has 0 fully saturated rings. The number of nitrogens with zero attached hydrogens (tertiary/aromatic N) is 3. The molecule has 4 rings (SSSR count). The minimum absolute atomic E-state index is 0.0822. The Labute approximate surface area is 184 Å². The topological polar surface area (TPSA) is 90.1 Å². The van der Waals surface area contributed by atoms with Crippen LogP contribution in [0.2, 0.25) is 5.02 Å². The molecule has 158 valence electrons. The van der Waals surface area contributed by atoms with Crippen molar-refractivity contribution in [3.8, 4) is 11.3 Å². The van der Waals surface area contributed by atoms with Gasteiger partial charge in [-0.25, -0.2) is 9.78 Å². The lowest BCUT2D eigenvalue weighted by Crippen LogP contribution is -2.13. The summed E-state index contributed by atoms with van der Waals surface area (Å²) >= 11 is 6.26. The number of aryl methyl sites for hydroxylation is 1. The summed E-state index contributed by atoms with van der Waals surface area (Å²) in [5, 5.41) is 8.79. The van der Waals surface area contributed by atoms with E-state index >= 15 is 0 Å². The van der Waals surface area contributed by atoms with E-state index in [9.17, 15) is 4.79 Å². The fourth-order valence-electron chi connectivity index (χ4n) is 3.19. The van der Waals surface area contributed by atoms with Crippen molar-refractivity contribution in [2.45, 2.75) is 20.3 Å². The summed E-state index contributed by atoms with van der Waals surface area (Å²) in [6.07, 6.45) is 0.672. The minimum atomic E-state index is -0.619. The zero-order chi connectivity index (χ0) is 21.8. The fraction of sp³-hybridized carbons (Fsp3) is 0.217. The Kier molecular flexibility index (Phi) is 6.13. The number of aromatic nitrogens is 3. The number of hydrogen-bond donors (Lipinski definition) is 1. The molecular formula is C23H21ClN4O3. The number of carbonyl (C=O) groups excluding carboxylic acids is 1. The van der Waals surface area contributed by atoms with Crippen molar-refractivity contribution in [2.75, 3.05) is 18.5 Å². The van der Waals surface area contributed by atoms with Gasteiger partial charge in [-0.05, 0) is 31.9 Å². The molecule has 2 aromatic heterocycles. The lowest BCUT2D eigenvalue weighted by atomic mass is 10.1. The summed E-state index contributed by atoms with van der Waals surface area (Å²) in [7, 11) is 0. The van der Waals surface area contributed by atoms with E-state index in [1.165, 1.54) is 0 Å². The molecule has 0 saturated carbocycles. The highest BCUT2D eigenvalue weighted by Crippen LogP contribution is 2.32. The standard InChI is InChI=1S/C23H21ClN4O3/c1-3-30-23(29)21-26-20(25-13-12-15-6-4-5-7-17(15)24)18-19(28-31-22(18)27-21)16-10-8-14(2)9-11-16/h4-11H,3,12-13H2,1-2H3,(H,25,26,27). The minimum Gasteiger partial charge on any atom is -0.460 e. The lowest BCUT2D eigenvalue weighted by molar-refractivity contribution is 0.0512. The average molecular weight is 437 g/mol. The molecule has 0 saturated heterocycles. The van der Waals surface area contributed by atoms with Gasteiger partial charge in [-0.2, -0.15) is 4.98 Å². The number of rotatable bonds is 7. The van der Waals surface area contributed by atoms with Crippen LogP contribution in [-0.2, 0) is 11.2 Å². The molecule has 8 heteroatoms. The summed E-state index contributed by atoms with van der Waals surface area (Å²) in [5.41, 5.74) is 3.83.